The van der Waals surface area contributed by atoms with E-state index in [0.717, 1.165) is 6.54 Å². The molecule has 1 heteroatoms. The first-order valence-electron chi connectivity index (χ1n) is 5.88. The molecule has 0 amide bonds. The monoisotopic (exact) mass is 223 g/mol. The minimum Gasteiger partial charge on any atom is -0.344 e. The fourth-order valence-corrected chi connectivity index (χ4v) is 1.81. The fraction of sp³-hybridized carbons (Fsp3) is 0.125. The minimum absolute atomic E-state index is 0.898. The molecule has 0 N–H and O–H groups in total. The molecule has 2 rings (SSSR count). The molecular weight excluding hydrogens is 206 g/mol. The number of allylic oxidation sites excluding steroid dienone is 1. The standard InChI is InChI=1S/C16H17N/c1-2-13-17(16-11-7-4-8-12-16)14-15-9-5-3-6-10-15/h2-13H,14H2,1H3/b13-2-. The van der Waals surface area contributed by atoms with E-state index < -0.39 is 0 Å². The summed E-state index contributed by atoms with van der Waals surface area (Å²) in [4.78, 5) is 2.25. The zero-order valence-corrected chi connectivity index (χ0v) is 10.1. The number of benzene rings is 2. The Morgan fingerprint density at radius 2 is 1.47 bits per heavy atom. The molecule has 0 radical (unpaired) electrons. The minimum atomic E-state index is 0.898. The fourth-order valence-electron chi connectivity index (χ4n) is 1.81. The predicted octanol–water partition coefficient (Wildman–Crippen LogP) is 4.23. The summed E-state index contributed by atoms with van der Waals surface area (Å²) in [7, 11) is 0. The van der Waals surface area contributed by atoms with Crippen LogP contribution in [-0.4, -0.2) is 0 Å². The molecule has 0 saturated heterocycles. The lowest BCUT2D eigenvalue weighted by atomic mass is 10.2. The molecule has 0 atom stereocenters. The van der Waals surface area contributed by atoms with Crippen LogP contribution >= 0.6 is 0 Å². The highest BCUT2D eigenvalue weighted by Crippen LogP contribution is 2.17. The van der Waals surface area contributed by atoms with Crippen molar-refractivity contribution in [1.29, 1.82) is 0 Å². The van der Waals surface area contributed by atoms with Crippen LogP contribution in [0.5, 0.6) is 0 Å². The van der Waals surface area contributed by atoms with Crippen molar-refractivity contribution in [2.75, 3.05) is 4.90 Å². The number of anilines is 1. The third-order valence-electron chi connectivity index (χ3n) is 2.61. The second-order valence-electron chi connectivity index (χ2n) is 3.93. The summed E-state index contributed by atoms with van der Waals surface area (Å²) in [5, 5.41) is 0. The van der Waals surface area contributed by atoms with Gasteiger partial charge in [-0.25, -0.2) is 0 Å². The smallest absolute Gasteiger partial charge is 0.0475 e. The Bertz CT molecular complexity index is 459. The van der Waals surface area contributed by atoms with Gasteiger partial charge in [0, 0.05) is 18.4 Å². The molecule has 0 fully saturated rings. The van der Waals surface area contributed by atoms with Gasteiger partial charge in [0.25, 0.3) is 0 Å². The normalized spacial score (nSPS) is 10.6. The van der Waals surface area contributed by atoms with E-state index in [1.54, 1.807) is 0 Å². The molecule has 0 bridgehead atoms. The van der Waals surface area contributed by atoms with Crippen molar-refractivity contribution in [1.82, 2.24) is 0 Å². The topological polar surface area (TPSA) is 3.24 Å². The first-order chi connectivity index (χ1) is 8.40. The van der Waals surface area contributed by atoms with E-state index in [9.17, 15) is 0 Å². The van der Waals surface area contributed by atoms with Gasteiger partial charge in [-0.1, -0.05) is 54.6 Å². The lowest BCUT2D eigenvalue weighted by Gasteiger charge is -2.20. The highest BCUT2D eigenvalue weighted by atomic mass is 15.1. The van der Waals surface area contributed by atoms with Crippen LogP contribution in [-0.2, 0) is 6.54 Å². The maximum Gasteiger partial charge on any atom is 0.0475 e. The molecule has 0 saturated carbocycles. The Balaban J connectivity index is 2.19. The van der Waals surface area contributed by atoms with Gasteiger partial charge in [-0.05, 0) is 24.6 Å². The lowest BCUT2D eigenvalue weighted by molar-refractivity contribution is 0.966. The highest BCUT2D eigenvalue weighted by Gasteiger charge is 2.02. The summed E-state index contributed by atoms with van der Waals surface area (Å²) in [6.45, 7) is 2.94. The quantitative estimate of drug-likeness (QED) is 0.750. The number of nitrogens with zero attached hydrogens (tertiary/aromatic N) is 1. The largest absolute Gasteiger partial charge is 0.344 e. The Labute approximate surface area is 103 Å². The summed E-state index contributed by atoms with van der Waals surface area (Å²) in [5.74, 6) is 0. The van der Waals surface area contributed by atoms with Crippen molar-refractivity contribution in [2.24, 2.45) is 0 Å². The Morgan fingerprint density at radius 3 is 2.06 bits per heavy atom. The SMILES string of the molecule is C/C=C\N(Cc1ccccc1)c1ccccc1. The molecule has 0 aliphatic heterocycles. The Hall–Kier alpha value is -2.02. The van der Waals surface area contributed by atoms with Crippen molar-refractivity contribution in [3.8, 4) is 0 Å². The Morgan fingerprint density at radius 1 is 0.882 bits per heavy atom. The van der Waals surface area contributed by atoms with Crippen molar-refractivity contribution in [3.05, 3.63) is 78.5 Å². The van der Waals surface area contributed by atoms with E-state index >= 15 is 0 Å². The molecule has 17 heavy (non-hydrogen) atoms. The number of hydrogen-bond donors (Lipinski definition) is 0. The van der Waals surface area contributed by atoms with Gasteiger partial charge in [-0.3, -0.25) is 0 Å². The summed E-state index contributed by atoms with van der Waals surface area (Å²) >= 11 is 0. The van der Waals surface area contributed by atoms with E-state index in [2.05, 4.69) is 65.7 Å². The van der Waals surface area contributed by atoms with Crippen molar-refractivity contribution >= 4 is 5.69 Å². The van der Waals surface area contributed by atoms with Crippen LogP contribution in [0.3, 0.4) is 0 Å². The van der Waals surface area contributed by atoms with Crippen LogP contribution in [0.25, 0.3) is 0 Å². The third kappa shape index (κ3) is 3.22. The molecule has 0 spiro atoms. The van der Waals surface area contributed by atoms with Gasteiger partial charge in [-0.15, -0.1) is 0 Å². The second kappa shape index (κ2) is 5.90. The summed E-state index contributed by atoms with van der Waals surface area (Å²) < 4.78 is 0. The third-order valence-corrected chi connectivity index (χ3v) is 2.61. The van der Waals surface area contributed by atoms with Gasteiger partial charge in [0.05, 0.1) is 0 Å². The zero-order chi connectivity index (χ0) is 11.9. The summed E-state index contributed by atoms with van der Waals surface area (Å²) in [5.41, 5.74) is 2.53. The lowest BCUT2D eigenvalue weighted by Crippen LogP contribution is -2.14. The molecule has 0 unspecified atom stereocenters. The van der Waals surface area contributed by atoms with Crippen molar-refractivity contribution < 1.29 is 0 Å². The molecule has 0 aromatic heterocycles. The zero-order valence-electron chi connectivity index (χ0n) is 10.1. The Kier molecular flexibility index (Phi) is 3.98. The number of para-hydroxylation sites is 1. The number of hydrogen-bond acceptors (Lipinski definition) is 1. The second-order valence-corrected chi connectivity index (χ2v) is 3.93. The van der Waals surface area contributed by atoms with Gasteiger partial charge in [0.15, 0.2) is 0 Å². The van der Waals surface area contributed by atoms with E-state index in [-0.39, 0.29) is 0 Å². The van der Waals surface area contributed by atoms with Gasteiger partial charge in [0.1, 0.15) is 0 Å². The molecule has 1 nitrogen and oxygen atoms in total. The first kappa shape index (κ1) is 11.5. The van der Waals surface area contributed by atoms with Crippen LogP contribution in [0, 0.1) is 0 Å². The van der Waals surface area contributed by atoms with Gasteiger partial charge < -0.3 is 4.90 Å². The molecule has 0 aliphatic carbocycles. The average Bonchev–Trinajstić information content (AvgIpc) is 2.40. The van der Waals surface area contributed by atoms with E-state index in [4.69, 9.17) is 0 Å². The average molecular weight is 223 g/mol. The van der Waals surface area contributed by atoms with Crippen LogP contribution in [0.4, 0.5) is 5.69 Å². The maximum absolute atomic E-state index is 2.25. The van der Waals surface area contributed by atoms with Gasteiger partial charge in [0.2, 0.25) is 0 Å². The molecule has 2 aromatic carbocycles. The van der Waals surface area contributed by atoms with E-state index in [0.29, 0.717) is 0 Å². The van der Waals surface area contributed by atoms with Crippen LogP contribution in [0.2, 0.25) is 0 Å². The first-order valence-corrected chi connectivity index (χ1v) is 5.88. The van der Waals surface area contributed by atoms with Crippen LogP contribution in [0.1, 0.15) is 12.5 Å². The van der Waals surface area contributed by atoms with Gasteiger partial charge in [-0.2, -0.15) is 0 Å². The molecule has 0 aliphatic rings. The molecule has 0 heterocycles. The molecule has 2 aromatic rings. The van der Waals surface area contributed by atoms with Crippen LogP contribution < -0.4 is 4.90 Å². The number of rotatable bonds is 4. The van der Waals surface area contributed by atoms with E-state index in [1.807, 2.05) is 19.1 Å². The maximum atomic E-state index is 2.25. The predicted molar refractivity (Wildman–Crippen MR) is 73.9 cm³/mol. The van der Waals surface area contributed by atoms with Crippen molar-refractivity contribution in [3.63, 3.8) is 0 Å². The summed E-state index contributed by atoms with van der Waals surface area (Å²) in [6, 6.07) is 20.9. The van der Waals surface area contributed by atoms with Crippen LogP contribution in [0.15, 0.2) is 72.9 Å². The van der Waals surface area contributed by atoms with Gasteiger partial charge >= 0.3 is 0 Å². The van der Waals surface area contributed by atoms with E-state index in [1.165, 1.54) is 11.3 Å². The highest BCUT2D eigenvalue weighted by molar-refractivity contribution is 5.49. The molecule has 86 valence electrons. The van der Waals surface area contributed by atoms with Crippen molar-refractivity contribution in [2.45, 2.75) is 13.5 Å². The molecular formula is C16H17N. The summed E-state index contributed by atoms with van der Waals surface area (Å²) in [6.07, 6.45) is 4.18.